The zero-order valence-corrected chi connectivity index (χ0v) is 11.0. The Labute approximate surface area is 101 Å². The van der Waals surface area contributed by atoms with Crippen LogP contribution in [0.1, 0.15) is 25.8 Å². The Morgan fingerprint density at radius 2 is 2.25 bits per heavy atom. The summed E-state index contributed by atoms with van der Waals surface area (Å²) < 4.78 is 1.79. The Bertz CT molecular complexity index is 375. The molecule has 2 heterocycles. The van der Waals surface area contributed by atoms with Crippen LogP contribution in [0.3, 0.4) is 0 Å². The maximum Gasteiger partial charge on any atom is 0.0784 e. The van der Waals surface area contributed by atoms with Gasteiger partial charge in [0.1, 0.15) is 0 Å². The van der Waals surface area contributed by atoms with E-state index in [0.717, 1.165) is 29.9 Å². The van der Waals surface area contributed by atoms with Crippen LogP contribution in [0.2, 0.25) is 0 Å². The Morgan fingerprint density at radius 1 is 1.50 bits per heavy atom. The lowest BCUT2D eigenvalue weighted by Gasteiger charge is -2.41. The molecule has 0 saturated carbocycles. The second-order valence-corrected chi connectivity index (χ2v) is 6.74. The van der Waals surface area contributed by atoms with Crippen molar-refractivity contribution in [1.29, 1.82) is 0 Å². The number of hydrogen-bond donors (Lipinski definition) is 1. The van der Waals surface area contributed by atoms with Gasteiger partial charge in [-0.15, -0.1) is 0 Å². The third-order valence-corrected chi connectivity index (χ3v) is 4.69. The highest BCUT2D eigenvalue weighted by molar-refractivity contribution is 7.99. The van der Waals surface area contributed by atoms with Crippen molar-refractivity contribution in [2.24, 2.45) is 12.5 Å². The summed E-state index contributed by atoms with van der Waals surface area (Å²) in [5.41, 5.74) is 0.804. The van der Waals surface area contributed by atoms with E-state index < -0.39 is 5.60 Å². The van der Waals surface area contributed by atoms with Gasteiger partial charge in [0.2, 0.25) is 0 Å². The van der Waals surface area contributed by atoms with Gasteiger partial charge in [0.25, 0.3) is 0 Å². The zero-order chi connectivity index (χ0) is 11.8. The van der Waals surface area contributed by atoms with Crippen LogP contribution in [0.5, 0.6) is 0 Å². The first-order valence-corrected chi connectivity index (χ1v) is 6.82. The van der Waals surface area contributed by atoms with Gasteiger partial charge in [-0.05, 0) is 23.2 Å². The fourth-order valence-electron chi connectivity index (χ4n) is 2.57. The minimum absolute atomic E-state index is 0.236. The van der Waals surface area contributed by atoms with Gasteiger partial charge in [-0.3, -0.25) is 4.68 Å². The van der Waals surface area contributed by atoms with Gasteiger partial charge in [-0.2, -0.15) is 16.9 Å². The van der Waals surface area contributed by atoms with Gasteiger partial charge >= 0.3 is 0 Å². The molecule has 0 spiro atoms. The van der Waals surface area contributed by atoms with Crippen molar-refractivity contribution >= 4 is 11.8 Å². The molecule has 1 unspecified atom stereocenters. The molecule has 1 atom stereocenters. The summed E-state index contributed by atoms with van der Waals surface area (Å²) >= 11 is 1.86. The zero-order valence-electron chi connectivity index (χ0n) is 10.2. The standard InChI is InChI=1S/C12H20N2OS/c1-11(2)7-12(15,9-16-8-11)4-10-5-13-14(3)6-10/h5-6,15H,4,7-9H2,1-3H3. The second kappa shape index (κ2) is 4.08. The van der Waals surface area contributed by atoms with E-state index >= 15 is 0 Å². The van der Waals surface area contributed by atoms with E-state index in [9.17, 15) is 5.11 Å². The highest BCUT2D eigenvalue weighted by Crippen LogP contribution is 2.40. The monoisotopic (exact) mass is 240 g/mol. The largest absolute Gasteiger partial charge is 0.389 e. The van der Waals surface area contributed by atoms with Crippen LogP contribution < -0.4 is 0 Å². The molecule has 0 amide bonds. The predicted octanol–water partition coefficient (Wildman–Crippen LogP) is 1.86. The lowest BCUT2D eigenvalue weighted by molar-refractivity contribution is 0.0200. The van der Waals surface area contributed by atoms with Crippen LogP contribution in [0.4, 0.5) is 0 Å². The van der Waals surface area contributed by atoms with E-state index in [-0.39, 0.29) is 5.41 Å². The molecular weight excluding hydrogens is 220 g/mol. The molecule has 16 heavy (non-hydrogen) atoms. The van der Waals surface area contributed by atoms with Crippen molar-refractivity contribution in [3.8, 4) is 0 Å². The fraction of sp³-hybridized carbons (Fsp3) is 0.750. The second-order valence-electron chi connectivity index (χ2n) is 5.76. The van der Waals surface area contributed by atoms with Crippen LogP contribution in [0.25, 0.3) is 0 Å². The first-order valence-electron chi connectivity index (χ1n) is 5.66. The molecule has 0 bridgehead atoms. The van der Waals surface area contributed by atoms with Crippen LogP contribution in [-0.4, -0.2) is 32.0 Å². The summed E-state index contributed by atoms with van der Waals surface area (Å²) in [6.45, 7) is 4.46. The average molecular weight is 240 g/mol. The molecule has 90 valence electrons. The predicted molar refractivity (Wildman–Crippen MR) is 67.6 cm³/mol. The Kier molecular flexibility index (Phi) is 3.05. The smallest absolute Gasteiger partial charge is 0.0784 e. The topological polar surface area (TPSA) is 38.0 Å². The molecule has 3 nitrogen and oxygen atoms in total. The van der Waals surface area contributed by atoms with Crippen LogP contribution in [0, 0.1) is 5.41 Å². The molecule has 1 aliphatic rings. The number of aliphatic hydroxyl groups is 1. The summed E-state index contributed by atoms with van der Waals surface area (Å²) in [5, 5.41) is 14.8. The summed E-state index contributed by atoms with van der Waals surface area (Å²) in [4.78, 5) is 0. The number of thioether (sulfide) groups is 1. The Morgan fingerprint density at radius 3 is 2.81 bits per heavy atom. The lowest BCUT2D eigenvalue weighted by atomic mass is 9.79. The van der Waals surface area contributed by atoms with Gasteiger partial charge in [-0.25, -0.2) is 0 Å². The van der Waals surface area contributed by atoms with Crippen LogP contribution in [-0.2, 0) is 13.5 Å². The van der Waals surface area contributed by atoms with E-state index in [1.807, 2.05) is 31.2 Å². The van der Waals surface area contributed by atoms with Gasteiger partial charge in [0, 0.05) is 25.4 Å². The van der Waals surface area contributed by atoms with Crippen molar-refractivity contribution in [2.75, 3.05) is 11.5 Å². The number of nitrogens with zero attached hydrogens (tertiary/aromatic N) is 2. The molecule has 0 aliphatic carbocycles. The van der Waals surface area contributed by atoms with E-state index in [1.165, 1.54) is 0 Å². The van der Waals surface area contributed by atoms with E-state index in [1.54, 1.807) is 4.68 Å². The molecule has 1 N–H and O–H groups in total. The molecule has 1 fully saturated rings. The molecule has 0 aromatic carbocycles. The molecular formula is C12H20N2OS. The summed E-state index contributed by atoms with van der Waals surface area (Å²) in [5.74, 6) is 1.98. The average Bonchev–Trinajstić information content (AvgIpc) is 2.47. The number of aryl methyl sites for hydroxylation is 1. The molecule has 4 heteroatoms. The maximum absolute atomic E-state index is 10.6. The van der Waals surface area contributed by atoms with Crippen molar-refractivity contribution < 1.29 is 5.11 Å². The third-order valence-electron chi connectivity index (χ3n) is 2.96. The molecule has 1 aliphatic heterocycles. The summed E-state index contributed by atoms with van der Waals surface area (Å²) in [6, 6.07) is 0. The highest BCUT2D eigenvalue weighted by atomic mass is 32.2. The SMILES string of the molecule is Cn1cc(CC2(O)CSCC(C)(C)C2)cn1. The maximum atomic E-state index is 10.6. The molecule has 2 rings (SSSR count). The third kappa shape index (κ3) is 2.80. The first-order chi connectivity index (χ1) is 7.39. The fourth-order valence-corrected chi connectivity index (χ4v) is 3.91. The van der Waals surface area contributed by atoms with Crippen molar-refractivity contribution in [1.82, 2.24) is 9.78 Å². The Balaban J connectivity index is 2.07. The Hall–Kier alpha value is -0.480. The van der Waals surface area contributed by atoms with Crippen LogP contribution >= 0.6 is 11.8 Å². The number of aromatic nitrogens is 2. The lowest BCUT2D eigenvalue weighted by Crippen LogP contribution is -2.44. The molecule has 1 aromatic heterocycles. The van der Waals surface area contributed by atoms with E-state index in [2.05, 4.69) is 18.9 Å². The van der Waals surface area contributed by atoms with E-state index in [4.69, 9.17) is 0 Å². The summed E-state index contributed by atoms with van der Waals surface area (Å²) in [6.07, 6.45) is 5.44. The molecule has 1 aromatic rings. The molecule has 0 radical (unpaired) electrons. The quantitative estimate of drug-likeness (QED) is 0.857. The van der Waals surface area contributed by atoms with Gasteiger partial charge in [-0.1, -0.05) is 13.8 Å². The van der Waals surface area contributed by atoms with Crippen molar-refractivity contribution in [3.05, 3.63) is 18.0 Å². The van der Waals surface area contributed by atoms with E-state index in [0.29, 0.717) is 0 Å². The van der Waals surface area contributed by atoms with Gasteiger partial charge in [0.05, 0.1) is 11.8 Å². The number of rotatable bonds is 2. The van der Waals surface area contributed by atoms with Crippen molar-refractivity contribution in [2.45, 2.75) is 32.3 Å². The van der Waals surface area contributed by atoms with Gasteiger partial charge < -0.3 is 5.11 Å². The minimum Gasteiger partial charge on any atom is -0.389 e. The summed E-state index contributed by atoms with van der Waals surface area (Å²) in [7, 11) is 1.91. The first kappa shape index (κ1) is 12.0. The molecule has 1 saturated heterocycles. The van der Waals surface area contributed by atoms with Crippen LogP contribution in [0.15, 0.2) is 12.4 Å². The minimum atomic E-state index is -0.560. The van der Waals surface area contributed by atoms with Crippen molar-refractivity contribution in [3.63, 3.8) is 0 Å². The van der Waals surface area contributed by atoms with Gasteiger partial charge in [0.15, 0.2) is 0 Å². The normalized spacial score (nSPS) is 29.2. The highest BCUT2D eigenvalue weighted by Gasteiger charge is 2.39. The number of hydrogen-bond acceptors (Lipinski definition) is 3.